The Morgan fingerprint density at radius 1 is 0.792 bits per heavy atom. The fourth-order valence-corrected chi connectivity index (χ4v) is 3.02. The average Bonchev–Trinajstić information content (AvgIpc) is 3.03. The van der Waals surface area contributed by atoms with Crippen LogP contribution in [0.4, 0.5) is 0 Å². The van der Waals surface area contributed by atoms with E-state index < -0.39 is 0 Å². The molecule has 24 heavy (non-hydrogen) atoms. The number of aromatic nitrogens is 1. The first-order valence-corrected chi connectivity index (χ1v) is 8.47. The van der Waals surface area contributed by atoms with Crippen LogP contribution in [0.1, 0.15) is 11.5 Å². The van der Waals surface area contributed by atoms with E-state index in [0.29, 0.717) is 5.89 Å². The van der Waals surface area contributed by atoms with Crippen molar-refractivity contribution >= 4 is 39.2 Å². The monoisotopic (exact) mass is 375 g/mol. The standard InChI is InChI=1S/C21H14BrNO/c22-18-8-4-5-15(13-18)9-12-21-23-19-14-17(10-11-20(19)24-21)16-6-2-1-3-7-16/h1-14H/b12-9+. The van der Waals surface area contributed by atoms with Crippen molar-refractivity contribution < 1.29 is 4.42 Å². The van der Waals surface area contributed by atoms with Crippen LogP contribution in [-0.2, 0) is 0 Å². The van der Waals surface area contributed by atoms with E-state index in [2.05, 4.69) is 45.2 Å². The van der Waals surface area contributed by atoms with Gasteiger partial charge in [-0.2, -0.15) is 0 Å². The van der Waals surface area contributed by atoms with E-state index in [1.54, 1.807) is 0 Å². The highest BCUT2D eigenvalue weighted by Gasteiger charge is 2.05. The van der Waals surface area contributed by atoms with Crippen molar-refractivity contribution in [1.82, 2.24) is 4.98 Å². The molecule has 1 aromatic heterocycles. The minimum Gasteiger partial charge on any atom is -0.437 e. The normalized spacial score (nSPS) is 11.4. The Morgan fingerprint density at radius 3 is 2.50 bits per heavy atom. The lowest BCUT2D eigenvalue weighted by Gasteiger charge is -1.99. The third-order valence-electron chi connectivity index (χ3n) is 3.78. The maximum absolute atomic E-state index is 5.80. The number of fused-ring (bicyclic) bond motifs is 1. The second kappa shape index (κ2) is 6.46. The summed E-state index contributed by atoms with van der Waals surface area (Å²) in [6.07, 6.45) is 3.89. The summed E-state index contributed by atoms with van der Waals surface area (Å²) in [6.45, 7) is 0. The van der Waals surface area contributed by atoms with E-state index in [0.717, 1.165) is 26.7 Å². The van der Waals surface area contributed by atoms with Gasteiger partial charge in [-0.15, -0.1) is 0 Å². The van der Waals surface area contributed by atoms with Gasteiger partial charge in [0.2, 0.25) is 5.89 Å². The molecule has 0 saturated heterocycles. The Labute approximate surface area is 148 Å². The summed E-state index contributed by atoms with van der Waals surface area (Å²) in [5.74, 6) is 0.607. The van der Waals surface area contributed by atoms with Gasteiger partial charge in [0.15, 0.2) is 5.58 Å². The molecule has 3 aromatic carbocycles. The summed E-state index contributed by atoms with van der Waals surface area (Å²) in [5, 5.41) is 0. The number of rotatable bonds is 3. The van der Waals surface area contributed by atoms with Gasteiger partial charge >= 0.3 is 0 Å². The molecule has 0 aliphatic heterocycles. The first-order chi connectivity index (χ1) is 11.8. The van der Waals surface area contributed by atoms with Crippen LogP contribution < -0.4 is 0 Å². The Hall–Kier alpha value is -2.65. The minimum absolute atomic E-state index is 0.607. The van der Waals surface area contributed by atoms with Gasteiger partial charge in [-0.3, -0.25) is 0 Å². The molecule has 4 aromatic rings. The van der Waals surface area contributed by atoms with Crippen molar-refractivity contribution in [2.24, 2.45) is 0 Å². The molecule has 4 rings (SSSR count). The molecule has 0 saturated carbocycles. The number of benzene rings is 3. The molecular weight excluding hydrogens is 362 g/mol. The van der Waals surface area contributed by atoms with Crippen LogP contribution >= 0.6 is 15.9 Å². The quantitative estimate of drug-likeness (QED) is 0.412. The minimum atomic E-state index is 0.607. The molecule has 1 heterocycles. The van der Waals surface area contributed by atoms with Gasteiger partial charge in [0.25, 0.3) is 0 Å². The SMILES string of the molecule is Brc1cccc(/C=C/c2nc3cc(-c4ccccc4)ccc3o2)c1. The Balaban J connectivity index is 1.66. The molecule has 0 fully saturated rings. The second-order valence-corrected chi connectivity index (χ2v) is 6.40. The van der Waals surface area contributed by atoms with Crippen LogP contribution in [0.2, 0.25) is 0 Å². The smallest absolute Gasteiger partial charge is 0.220 e. The van der Waals surface area contributed by atoms with Gasteiger partial charge < -0.3 is 4.42 Å². The van der Waals surface area contributed by atoms with Crippen molar-refractivity contribution in [3.05, 3.63) is 88.7 Å². The molecule has 2 nitrogen and oxygen atoms in total. The fraction of sp³-hybridized carbons (Fsp3) is 0. The summed E-state index contributed by atoms with van der Waals surface area (Å²) >= 11 is 3.47. The number of hydrogen-bond acceptors (Lipinski definition) is 2. The van der Waals surface area contributed by atoms with E-state index in [1.165, 1.54) is 5.56 Å². The molecule has 0 radical (unpaired) electrons. The zero-order valence-corrected chi connectivity index (χ0v) is 14.4. The van der Waals surface area contributed by atoms with Crippen LogP contribution in [0.3, 0.4) is 0 Å². The molecule has 3 heteroatoms. The van der Waals surface area contributed by atoms with Gasteiger partial charge in [-0.25, -0.2) is 4.98 Å². The number of halogens is 1. The van der Waals surface area contributed by atoms with Crippen molar-refractivity contribution in [2.45, 2.75) is 0 Å². The highest BCUT2D eigenvalue weighted by atomic mass is 79.9. The van der Waals surface area contributed by atoms with Crippen molar-refractivity contribution in [3.8, 4) is 11.1 Å². The lowest BCUT2D eigenvalue weighted by molar-refractivity contribution is 0.590. The molecule has 0 aliphatic carbocycles. The predicted octanol–water partition coefficient (Wildman–Crippen LogP) is 6.43. The van der Waals surface area contributed by atoms with E-state index in [1.807, 2.05) is 60.7 Å². The van der Waals surface area contributed by atoms with E-state index in [4.69, 9.17) is 4.42 Å². The highest BCUT2D eigenvalue weighted by molar-refractivity contribution is 9.10. The van der Waals surface area contributed by atoms with Crippen LogP contribution in [0, 0.1) is 0 Å². The molecule has 0 spiro atoms. The number of hydrogen-bond donors (Lipinski definition) is 0. The largest absolute Gasteiger partial charge is 0.437 e. The summed E-state index contributed by atoms with van der Waals surface area (Å²) in [5.41, 5.74) is 5.07. The highest BCUT2D eigenvalue weighted by Crippen LogP contribution is 2.25. The summed E-state index contributed by atoms with van der Waals surface area (Å²) in [6, 6.07) is 24.5. The molecule has 0 bridgehead atoms. The maximum Gasteiger partial charge on any atom is 0.220 e. The topological polar surface area (TPSA) is 26.0 Å². The van der Waals surface area contributed by atoms with Crippen molar-refractivity contribution in [2.75, 3.05) is 0 Å². The number of oxazole rings is 1. The zero-order valence-electron chi connectivity index (χ0n) is 12.8. The third-order valence-corrected chi connectivity index (χ3v) is 4.27. The summed E-state index contributed by atoms with van der Waals surface area (Å²) in [7, 11) is 0. The second-order valence-electron chi connectivity index (χ2n) is 5.49. The predicted molar refractivity (Wildman–Crippen MR) is 103 cm³/mol. The van der Waals surface area contributed by atoms with Crippen molar-refractivity contribution in [3.63, 3.8) is 0 Å². The average molecular weight is 376 g/mol. The van der Waals surface area contributed by atoms with Crippen LogP contribution in [0.5, 0.6) is 0 Å². The lowest BCUT2D eigenvalue weighted by Crippen LogP contribution is -1.77. The summed E-state index contributed by atoms with van der Waals surface area (Å²) in [4.78, 5) is 4.57. The van der Waals surface area contributed by atoms with E-state index >= 15 is 0 Å². The molecule has 116 valence electrons. The van der Waals surface area contributed by atoms with Crippen LogP contribution in [-0.4, -0.2) is 4.98 Å². The fourth-order valence-electron chi connectivity index (χ4n) is 2.60. The third kappa shape index (κ3) is 3.17. The van der Waals surface area contributed by atoms with Gasteiger partial charge in [0.05, 0.1) is 0 Å². The van der Waals surface area contributed by atoms with Gasteiger partial charge in [-0.1, -0.05) is 64.5 Å². The lowest BCUT2D eigenvalue weighted by atomic mass is 10.1. The molecule has 0 atom stereocenters. The van der Waals surface area contributed by atoms with E-state index in [-0.39, 0.29) is 0 Å². The van der Waals surface area contributed by atoms with Crippen LogP contribution in [0.25, 0.3) is 34.4 Å². The van der Waals surface area contributed by atoms with Gasteiger partial charge in [0, 0.05) is 10.5 Å². The first-order valence-electron chi connectivity index (χ1n) is 7.68. The Bertz CT molecular complexity index is 1020. The summed E-state index contributed by atoms with van der Waals surface area (Å²) < 4.78 is 6.85. The molecule has 0 unspecified atom stereocenters. The molecule has 0 aliphatic rings. The zero-order chi connectivity index (χ0) is 16.4. The Morgan fingerprint density at radius 2 is 1.67 bits per heavy atom. The number of nitrogens with zero attached hydrogens (tertiary/aromatic N) is 1. The Kier molecular flexibility index (Phi) is 4.01. The van der Waals surface area contributed by atoms with E-state index in [9.17, 15) is 0 Å². The molecule has 0 amide bonds. The first kappa shape index (κ1) is 14.9. The van der Waals surface area contributed by atoms with Crippen molar-refractivity contribution in [1.29, 1.82) is 0 Å². The molecular formula is C21H14BrNO. The van der Waals surface area contributed by atoms with Gasteiger partial charge in [0.1, 0.15) is 5.52 Å². The van der Waals surface area contributed by atoms with Gasteiger partial charge in [-0.05, 0) is 47.0 Å². The molecule has 0 N–H and O–H groups in total. The maximum atomic E-state index is 5.80. The van der Waals surface area contributed by atoms with Crippen LogP contribution in [0.15, 0.2) is 81.7 Å².